The van der Waals surface area contributed by atoms with Gasteiger partial charge in [-0.3, -0.25) is 30.0 Å². The van der Waals surface area contributed by atoms with Crippen molar-refractivity contribution >= 4 is 92.9 Å². The maximum absolute atomic E-state index is 13.1. The minimum absolute atomic E-state index is 0. The zero-order valence-corrected chi connectivity index (χ0v) is 35.2. The summed E-state index contributed by atoms with van der Waals surface area (Å²) in [6.45, 7) is 0. The number of phenols is 2. The summed E-state index contributed by atoms with van der Waals surface area (Å²) in [5.74, 6) is -2.26. The number of anilines is 4. The molecule has 0 radical (unpaired) electrons. The number of phenolic OH excluding ortho intramolecular Hbond substituents is 2. The zero-order valence-electron chi connectivity index (χ0n) is 32.5. The van der Waals surface area contributed by atoms with Gasteiger partial charge in [0, 0.05) is 49.6 Å². The van der Waals surface area contributed by atoms with Gasteiger partial charge in [-0.1, -0.05) is 108 Å². The van der Waals surface area contributed by atoms with Crippen LogP contribution in [-0.2, 0) is 36.2 Å². The van der Waals surface area contributed by atoms with Crippen LogP contribution in [0.4, 0.5) is 22.7 Å². The van der Waals surface area contributed by atoms with Gasteiger partial charge in [0.2, 0.25) is 11.6 Å². The van der Waals surface area contributed by atoms with Crippen LogP contribution in [0.25, 0.3) is 12.2 Å². The van der Waals surface area contributed by atoms with Gasteiger partial charge in [-0.25, -0.2) is 0 Å². The summed E-state index contributed by atoms with van der Waals surface area (Å²) in [6.07, 6.45) is 3.09. The Morgan fingerprint density at radius 2 is 0.855 bits per heavy atom. The summed E-state index contributed by atoms with van der Waals surface area (Å²) < 4.78 is 0. The molecule has 0 heterocycles. The van der Waals surface area contributed by atoms with E-state index in [1.54, 1.807) is 97.1 Å². The van der Waals surface area contributed by atoms with Crippen molar-refractivity contribution in [3.63, 3.8) is 0 Å². The number of amides is 2. The standard InChI is InChI=1S/2C23H16ClN3O3.Fe.H3N/c2*24-15-10-11-20(28)19(13-15)26-27-21-17-9-5-4-6-14(17)12-18(22(21)29)23(30)25-16-7-2-1-3-8-16;;/h2*1-13,26,28H,(H,25,30);;1H3/p+1. The van der Waals surface area contributed by atoms with E-state index in [4.69, 9.17) is 23.2 Å². The average Bonchev–Trinajstić information content (AvgIpc) is 3.25. The summed E-state index contributed by atoms with van der Waals surface area (Å²) >= 11 is 11.9. The molecule has 0 saturated carbocycles. The Morgan fingerprint density at radius 3 is 1.24 bits per heavy atom. The van der Waals surface area contributed by atoms with Crippen molar-refractivity contribution in [1.82, 2.24) is 6.15 Å². The zero-order chi connectivity index (χ0) is 42.2. The van der Waals surface area contributed by atoms with E-state index in [0.29, 0.717) is 43.7 Å². The molecular formula is C46H36Cl2FeN7O6+. The predicted octanol–water partition coefficient (Wildman–Crippen LogP) is 9.31. The number of benzene rings is 6. The first-order valence-corrected chi connectivity index (χ1v) is 18.9. The number of aromatic hydroxyl groups is 2. The molecule has 0 spiro atoms. The number of quaternary nitrogens is 1. The number of rotatable bonds is 8. The normalized spacial score (nSPS) is 13.6. The molecule has 6 aromatic carbocycles. The monoisotopic (exact) mass is 908 g/mol. The molecule has 13 nitrogen and oxygen atoms in total. The van der Waals surface area contributed by atoms with Gasteiger partial charge in [0.25, 0.3) is 11.8 Å². The van der Waals surface area contributed by atoms with E-state index in [1.807, 2.05) is 24.3 Å². The molecule has 0 aliphatic heterocycles. The second-order valence-corrected chi connectivity index (χ2v) is 13.9. The molecule has 0 fully saturated rings. The van der Waals surface area contributed by atoms with Crippen LogP contribution in [0.1, 0.15) is 22.3 Å². The Balaban J connectivity index is 0.000000227. The van der Waals surface area contributed by atoms with Crippen LogP contribution in [0.15, 0.2) is 167 Å². The van der Waals surface area contributed by atoms with Crippen LogP contribution >= 0.6 is 23.2 Å². The summed E-state index contributed by atoms with van der Waals surface area (Å²) in [4.78, 5) is 51.8. The van der Waals surface area contributed by atoms with Crippen LogP contribution in [-0.4, -0.2) is 45.0 Å². The Morgan fingerprint density at radius 1 is 0.500 bits per heavy atom. The number of carbonyl (C=O) groups excluding carboxylic acids is 4. The van der Waals surface area contributed by atoms with Gasteiger partial charge in [0.1, 0.15) is 22.9 Å². The molecule has 8 rings (SSSR count). The number of nitrogens with one attached hydrogen (secondary N) is 4. The second-order valence-electron chi connectivity index (χ2n) is 13.1. The number of Topliss-reactive ketones (excluding diaryl/α,β-unsaturated/α-hetero) is 2. The van der Waals surface area contributed by atoms with Crippen LogP contribution < -0.4 is 27.6 Å². The first-order valence-electron chi connectivity index (χ1n) is 18.1. The number of fused-ring (bicyclic) bond motifs is 2. The Kier molecular flexibility index (Phi) is 15.3. The van der Waals surface area contributed by atoms with Crippen LogP contribution in [0.2, 0.25) is 10.0 Å². The summed E-state index contributed by atoms with van der Waals surface area (Å²) in [6, 6.07) is 40.9. The Bertz CT molecular complexity index is 2610. The van der Waals surface area contributed by atoms with E-state index in [-0.39, 0.29) is 68.7 Å². The molecule has 2 aliphatic carbocycles. The summed E-state index contributed by atoms with van der Waals surface area (Å²) in [7, 11) is 0. The molecular weight excluding hydrogens is 873 g/mol. The molecule has 10 N–H and O–H groups in total. The van der Waals surface area contributed by atoms with Crippen molar-refractivity contribution < 1.29 is 46.5 Å². The molecule has 0 saturated heterocycles. The SMILES string of the molecule is O=C(Nc1ccccc1)C1=Cc2ccccc2C(=NNc2cc(Cl)ccc2O)C1=O.O=C(Nc1ccccc1)C1=Cc2ccccc2C(=NNc2cc(Cl)ccc2O)C1=O.[Fe].[NH4+]. The molecule has 0 atom stereocenters. The van der Waals surface area contributed by atoms with Crippen molar-refractivity contribution in [3.8, 4) is 11.5 Å². The first-order chi connectivity index (χ1) is 29.0. The van der Waals surface area contributed by atoms with E-state index in [1.165, 1.54) is 36.4 Å². The van der Waals surface area contributed by atoms with Gasteiger partial charge in [-0.05, 0) is 83.9 Å². The van der Waals surface area contributed by atoms with Crippen LogP contribution in [0, 0.1) is 0 Å². The second kappa shape index (κ2) is 20.8. The molecule has 0 bridgehead atoms. The number of halogens is 2. The average molecular weight is 910 g/mol. The topological polar surface area (TPSA) is 218 Å². The third kappa shape index (κ3) is 10.7. The van der Waals surface area contributed by atoms with Crippen molar-refractivity contribution in [2.24, 2.45) is 10.2 Å². The molecule has 0 unspecified atom stereocenters. The van der Waals surface area contributed by atoms with Crippen molar-refractivity contribution in [2.75, 3.05) is 21.5 Å². The quantitative estimate of drug-likeness (QED) is 0.0337. The number of para-hydroxylation sites is 2. The number of hydrogen-bond acceptors (Lipinski definition) is 10. The van der Waals surface area contributed by atoms with Crippen molar-refractivity contribution in [2.45, 2.75) is 0 Å². The van der Waals surface area contributed by atoms with Gasteiger partial charge >= 0.3 is 0 Å². The largest absolute Gasteiger partial charge is 0.506 e. The minimum atomic E-state index is -0.531. The van der Waals surface area contributed by atoms with E-state index < -0.39 is 23.4 Å². The van der Waals surface area contributed by atoms with Crippen molar-refractivity contribution in [3.05, 3.63) is 189 Å². The van der Waals surface area contributed by atoms with Gasteiger partial charge in [-0.2, -0.15) is 10.2 Å². The maximum atomic E-state index is 13.1. The fourth-order valence-electron chi connectivity index (χ4n) is 6.05. The van der Waals surface area contributed by atoms with E-state index >= 15 is 0 Å². The number of ketones is 2. The van der Waals surface area contributed by atoms with Gasteiger partial charge in [0.15, 0.2) is 0 Å². The Labute approximate surface area is 375 Å². The summed E-state index contributed by atoms with van der Waals surface area (Å²) in [5.41, 5.74) is 9.58. The number of hydrazone groups is 2. The van der Waals surface area contributed by atoms with Gasteiger partial charge < -0.3 is 27.0 Å². The first kappa shape index (κ1) is 45.8. The molecule has 6 aromatic rings. The molecule has 0 aromatic heterocycles. The van der Waals surface area contributed by atoms with Crippen molar-refractivity contribution in [1.29, 1.82) is 0 Å². The number of hydrogen-bond donors (Lipinski definition) is 7. The third-order valence-electron chi connectivity index (χ3n) is 9.00. The fraction of sp³-hybridized carbons (Fsp3) is 0. The minimum Gasteiger partial charge on any atom is -0.506 e. The van der Waals surface area contributed by atoms with Crippen LogP contribution in [0.3, 0.4) is 0 Å². The van der Waals surface area contributed by atoms with Gasteiger partial charge in [-0.15, -0.1) is 0 Å². The molecule has 2 aliphatic rings. The molecule has 312 valence electrons. The Hall–Kier alpha value is -7.32. The summed E-state index contributed by atoms with van der Waals surface area (Å²) in [5, 5.41) is 34.6. The smallest absolute Gasteiger partial charge is 0.259 e. The van der Waals surface area contributed by atoms with E-state index in [0.717, 1.165) is 0 Å². The molecule has 16 heteroatoms. The molecule has 62 heavy (non-hydrogen) atoms. The van der Waals surface area contributed by atoms with E-state index in [9.17, 15) is 29.4 Å². The predicted molar refractivity (Wildman–Crippen MR) is 242 cm³/mol. The number of nitrogens with zero attached hydrogens (tertiary/aromatic N) is 2. The van der Waals surface area contributed by atoms with E-state index in [2.05, 4.69) is 31.7 Å². The molecule has 2 amide bonds. The fourth-order valence-corrected chi connectivity index (χ4v) is 6.39. The number of carbonyl (C=O) groups is 4. The van der Waals surface area contributed by atoms with Gasteiger partial charge in [0.05, 0.1) is 22.5 Å². The maximum Gasteiger partial charge on any atom is 0.259 e. The van der Waals surface area contributed by atoms with Crippen LogP contribution in [0.5, 0.6) is 11.5 Å². The third-order valence-corrected chi connectivity index (χ3v) is 9.47.